The van der Waals surface area contributed by atoms with Crippen molar-refractivity contribution in [1.29, 1.82) is 0 Å². The Kier molecular flexibility index (Phi) is 7.20. The molecule has 3 heterocycles. The Balaban J connectivity index is 1.49. The lowest BCUT2D eigenvalue weighted by molar-refractivity contribution is 0.0476. The Labute approximate surface area is 213 Å². The van der Waals surface area contributed by atoms with Gasteiger partial charge in [0.05, 0.1) is 12.7 Å². The Morgan fingerprint density at radius 3 is 2.41 bits per heavy atom. The molecule has 0 unspecified atom stereocenters. The SMILES string of the molecule is CC(C)(F)CN1[C@H](CF)Cc2c([nH]c3ccccc23)[C@H]1c1c(F)cc(OCCN2CC(CF)C2)cc1F. The van der Waals surface area contributed by atoms with Crippen molar-refractivity contribution >= 4 is 10.9 Å². The van der Waals surface area contributed by atoms with E-state index in [2.05, 4.69) is 4.98 Å². The maximum Gasteiger partial charge on any atom is 0.135 e. The summed E-state index contributed by atoms with van der Waals surface area (Å²) in [6.07, 6.45) is 0.298. The molecule has 37 heavy (non-hydrogen) atoms. The van der Waals surface area contributed by atoms with Crippen LogP contribution in [0.3, 0.4) is 0 Å². The highest BCUT2D eigenvalue weighted by Crippen LogP contribution is 2.44. The highest BCUT2D eigenvalue weighted by Gasteiger charge is 2.42. The molecule has 2 aromatic carbocycles. The van der Waals surface area contributed by atoms with Crippen molar-refractivity contribution in [2.75, 3.05) is 46.1 Å². The molecule has 2 aliphatic rings. The fourth-order valence-corrected chi connectivity index (χ4v) is 5.67. The number of aromatic amines is 1. The lowest BCUT2D eigenvalue weighted by Gasteiger charge is -2.43. The van der Waals surface area contributed by atoms with Gasteiger partial charge < -0.3 is 9.72 Å². The van der Waals surface area contributed by atoms with E-state index in [4.69, 9.17) is 4.74 Å². The summed E-state index contributed by atoms with van der Waals surface area (Å²) in [6, 6.07) is 7.92. The molecule has 0 radical (unpaired) electrons. The van der Waals surface area contributed by atoms with E-state index in [0.29, 0.717) is 31.7 Å². The lowest BCUT2D eigenvalue weighted by atomic mass is 9.87. The van der Waals surface area contributed by atoms with Gasteiger partial charge in [0.25, 0.3) is 0 Å². The number of halogens is 5. The van der Waals surface area contributed by atoms with Crippen molar-refractivity contribution in [3.8, 4) is 5.75 Å². The van der Waals surface area contributed by atoms with Gasteiger partial charge in [0.1, 0.15) is 36.3 Å². The van der Waals surface area contributed by atoms with Crippen LogP contribution in [0.4, 0.5) is 22.0 Å². The minimum atomic E-state index is -1.72. The van der Waals surface area contributed by atoms with E-state index < -0.39 is 36.1 Å². The van der Waals surface area contributed by atoms with Crippen LogP contribution in [-0.2, 0) is 6.42 Å². The highest BCUT2D eigenvalue weighted by molar-refractivity contribution is 5.85. The molecule has 0 saturated carbocycles. The first kappa shape index (κ1) is 26.0. The van der Waals surface area contributed by atoms with Gasteiger partial charge in [-0.1, -0.05) is 18.2 Å². The molecular formula is C28H32F5N3O. The van der Waals surface area contributed by atoms with Gasteiger partial charge in [-0.15, -0.1) is 0 Å². The third-order valence-electron chi connectivity index (χ3n) is 7.35. The van der Waals surface area contributed by atoms with Crippen molar-refractivity contribution in [2.24, 2.45) is 5.92 Å². The number of nitrogens with zero attached hydrogens (tertiary/aromatic N) is 2. The van der Waals surface area contributed by atoms with Crippen molar-refractivity contribution in [1.82, 2.24) is 14.8 Å². The van der Waals surface area contributed by atoms with E-state index >= 15 is 8.78 Å². The van der Waals surface area contributed by atoms with Crippen LogP contribution in [-0.4, -0.2) is 72.6 Å². The molecule has 4 nitrogen and oxygen atoms in total. The number of nitrogens with one attached hydrogen (secondary N) is 1. The number of rotatable bonds is 9. The third-order valence-corrected chi connectivity index (χ3v) is 7.35. The number of hydrogen-bond acceptors (Lipinski definition) is 3. The third kappa shape index (κ3) is 5.21. The first-order valence-electron chi connectivity index (χ1n) is 12.7. The molecule has 2 aliphatic heterocycles. The summed E-state index contributed by atoms with van der Waals surface area (Å²) in [5.74, 6) is -1.60. The average Bonchev–Trinajstić information content (AvgIpc) is 3.18. The molecule has 1 N–H and O–H groups in total. The van der Waals surface area contributed by atoms with Crippen LogP contribution >= 0.6 is 0 Å². The molecule has 0 spiro atoms. The minimum absolute atomic E-state index is 0.0356. The number of benzene rings is 2. The van der Waals surface area contributed by atoms with E-state index in [1.54, 1.807) is 0 Å². The normalized spacial score (nSPS) is 21.3. The minimum Gasteiger partial charge on any atom is -0.492 e. The van der Waals surface area contributed by atoms with Crippen LogP contribution in [0.2, 0.25) is 0 Å². The molecule has 3 aromatic rings. The lowest BCUT2D eigenvalue weighted by Crippen LogP contribution is -2.50. The zero-order valence-corrected chi connectivity index (χ0v) is 21.0. The smallest absolute Gasteiger partial charge is 0.135 e. The van der Waals surface area contributed by atoms with Gasteiger partial charge in [-0.3, -0.25) is 14.2 Å². The largest absolute Gasteiger partial charge is 0.492 e. The number of hydrogen-bond donors (Lipinski definition) is 1. The summed E-state index contributed by atoms with van der Waals surface area (Å²) in [5.41, 5.74) is 0.121. The fraction of sp³-hybridized carbons (Fsp3) is 0.500. The number of fused-ring (bicyclic) bond motifs is 3. The van der Waals surface area contributed by atoms with E-state index in [-0.39, 0.29) is 37.1 Å². The molecule has 2 atom stereocenters. The highest BCUT2D eigenvalue weighted by atomic mass is 19.1. The van der Waals surface area contributed by atoms with E-state index in [9.17, 15) is 13.2 Å². The molecule has 1 fully saturated rings. The van der Waals surface area contributed by atoms with Crippen molar-refractivity contribution < 1.29 is 26.7 Å². The van der Waals surface area contributed by atoms with Crippen LogP contribution in [0.15, 0.2) is 36.4 Å². The second-order valence-electron chi connectivity index (χ2n) is 10.8. The molecule has 0 bridgehead atoms. The van der Waals surface area contributed by atoms with E-state index in [1.807, 2.05) is 29.2 Å². The standard InChI is InChI=1S/C28H32F5N3O/c1-28(2,33)16-36-18(13-30)9-21-20-5-3-4-6-24(20)34-26(21)27(36)25-22(31)10-19(11-23(25)32)37-8-7-35-14-17(12-29)15-35/h3-6,10-11,17-18,27,34H,7-9,12-16H2,1-2H3/t18-,27+/m0/s1. The van der Waals surface area contributed by atoms with Gasteiger partial charge in [0.2, 0.25) is 0 Å². The second-order valence-corrected chi connectivity index (χ2v) is 10.8. The van der Waals surface area contributed by atoms with Gasteiger partial charge in [0.15, 0.2) is 0 Å². The summed E-state index contributed by atoms with van der Waals surface area (Å²) in [6.45, 7) is 3.44. The van der Waals surface area contributed by atoms with Crippen LogP contribution in [0.25, 0.3) is 10.9 Å². The maximum absolute atomic E-state index is 15.6. The summed E-state index contributed by atoms with van der Waals surface area (Å²) in [7, 11) is 0. The molecule has 9 heteroatoms. The number of H-pyrrole nitrogens is 1. The summed E-state index contributed by atoms with van der Waals surface area (Å²) < 4.78 is 78.7. The molecule has 5 rings (SSSR count). The summed E-state index contributed by atoms with van der Waals surface area (Å²) in [5, 5.41) is 0.863. The van der Waals surface area contributed by atoms with Gasteiger partial charge in [-0.25, -0.2) is 17.6 Å². The zero-order chi connectivity index (χ0) is 26.3. The second kappa shape index (κ2) is 10.3. The average molecular weight is 522 g/mol. The number of alkyl halides is 3. The van der Waals surface area contributed by atoms with E-state index in [0.717, 1.165) is 28.6 Å². The van der Waals surface area contributed by atoms with Gasteiger partial charge in [-0.05, 0) is 31.9 Å². The number of ether oxygens (including phenoxy) is 1. The quantitative estimate of drug-likeness (QED) is 0.364. The first-order chi connectivity index (χ1) is 17.7. The van der Waals surface area contributed by atoms with Crippen LogP contribution in [0.1, 0.15) is 36.7 Å². The van der Waals surface area contributed by atoms with Gasteiger partial charge in [0, 0.05) is 72.4 Å². The molecule has 1 saturated heterocycles. The number of aromatic nitrogens is 1. The molecule has 200 valence electrons. The van der Waals surface area contributed by atoms with Gasteiger partial charge in [-0.2, -0.15) is 0 Å². The van der Waals surface area contributed by atoms with Crippen LogP contribution in [0.5, 0.6) is 5.75 Å². The Morgan fingerprint density at radius 1 is 1.05 bits per heavy atom. The maximum atomic E-state index is 15.6. The molecule has 0 amide bonds. The fourth-order valence-electron chi connectivity index (χ4n) is 5.67. The van der Waals surface area contributed by atoms with Crippen molar-refractivity contribution in [3.63, 3.8) is 0 Å². The Morgan fingerprint density at radius 2 is 1.76 bits per heavy atom. The van der Waals surface area contributed by atoms with Crippen molar-refractivity contribution in [2.45, 2.75) is 38.0 Å². The first-order valence-corrected chi connectivity index (χ1v) is 12.7. The molecule has 1 aromatic heterocycles. The van der Waals surface area contributed by atoms with Gasteiger partial charge >= 0.3 is 0 Å². The Bertz CT molecular complexity index is 1230. The zero-order valence-electron chi connectivity index (χ0n) is 21.0. The van der Waals surface area contributed by atoms with E-state index in [1.165, 1.54) is 18.7 Å². The van der Waals surface area contributed by atoms with Crippen LogP contribution in [0, 0.1) is 17.6 Å². The number of para-hydroxylation sites is 1. The Hall–Kier alpha value is -2.65. The topological polar surface area (TPSA) is 31.5 Å². The summed E-state index contributed by atoms with van der Waals surface area (Å²) >= 11 is 0. The van der Waals surface area contributed by atoms with Crippen molar-refractivity contribution in [3.05, 3.63) is 64.9 Å². The molecular weight excluding hydrogens is 489 g/mol. The predicted octanol–water partition coefficient (Wildman–Crippen LogP) is 5.76. The predicted molar refractivity (Wildman–Crippen MR) is 133 cm³/mol. The summed E-state index contributed by atoms with van der Waals surface area (Å²) in [4.78, 5) is 6.82. The van der Waals surface area contributed by atoms with Crippen LogP contribution < -0.4 is 4.74 Å². The number of likely N-dealkylation sites (tertiary alicyclic amines) is 1. The molecule has 0 aliphatic carbocycles. The monoisotopic (exact) mass is 521 g/mol.